The first-order valence-electron chi connectivity index (χ1n) is 11.2. The molecule has 0 saturated carbocycles. The highest BCUT2D eigenvalue weighted by Crippen LogP contribution is 2.33. The highest BCUT2D eigenvalue weighted by molar-refractivity contribution is 7.80. The number of hydrogen-bond donors (Lipinski definition) is 1. The molecule has 2 aromatic carbocycles. The van der Waals surface area contributed by atoms with Gasteiger partial charge >= 0.3 is 0 Å². The van der Waals surface area contributed by atoms with Gasteiger partial charge in [0.15, 0.2) is 16.6 Å². The van der Waals surface area contributed by atoms with Gasteiger partial charge in [-0.1, -0.05) is 44.2 Å². The summed E-state index contributed by atoms with van der Waals surface area (Å²) < 4.78 is 11.0. The summed E-state index contributed by atoms with van der Waals surface area (Å²) in [5.41, 5.74) is 4.89. The molecule has 0 spiro atoms. The number of anilines is 1. The predicted octanol–water partition coefficient (Wildman–Crippen LogP) is 6.40. The van der Waals surface area contributed by atoms with Gasteiger partial charge in [-0.15, -0.1) is 0 Å². The van der Waals surface area contributed by atoms with Crippen LogP contribution in [0.3, 0.4) is 0 Å². The Hall–Kier alpha value is -2.53. The number of ether oxygens (including phenoxy) is 2. The number of nitrogens with one attached hydrogen (secondary N) is 1. The summed E-state index contributed by atoms with van der Waals surface area (Å²) in [6, 6.07) is 12.6. The van der Waals surface area contributed by atoms with Crippen LogP contribution in [-0.4, -0.2) is 23.4 Å². The van der Waals surface area contributed by atoms with Crippen LogP contribution in [0.25, 0.3) is 0 Å². The van der Waals surface area contributed by atoms with Crippen molar-refractivity contribution >= 4 is 23.0 Å². The second-order valence-electron chi connectivity index (χ2n) is 8.82. The van der Waals surface area contributed by atoms with Crippen LogP contribution in [0.2, 0.25) is 0 Å². The Morgan fingerprint density at radius 1 is 1.16 bits per heavy atom. The quantitative estimate of drug-likeness (QED) is 0.418. The van der Waals surface area contributed by atoms with Crippen LogP contribution in [0.4, 0.5) is 5.69 Å². The summed E-state index contributed by atoms with van der Waals surface area (Å²) in [4.78, 5) is 2.30. The lowest BCUT2D eigenvalue weighted by Crippen LogP contribution is -2.38. The zero-order valence-corrected chi connectivity index (χ0v) is 19.5. The zero-order chi connectivity index (χ0) is 21.8. The average molecular weight is 437 g/mol. The summed E-state index contributed by atoms with van der Waals surface area (Å²) in [6.45, 7) is 8.61. The molecule has 1 aliphatic heterocycles. The third kappa shape index (κ3) is 5.21. The Morgan fingerprint density at radius 2 is 2.00 bits per heavy atom. The van der Waals surface area contributed by atoms with Crippen molar-refractivity contribution in [3.8, 4) is 11.5 Å². The lowest BCUT2D eigenvalue weighted by Gasteiger charge is -2.31. The Balaban J connectivity index is 1.54. The molecule has 0 fully saturated rings. The molecule has 0 aromatic heterocycles. The normalized spacial score (nSPS) is 17.1. The molecule has 0 amide bonds. The standard InChI is InChI=1S/C26H32N2O2S/c1-18(2)22-10-7-11-23(19(22)3)27-26(31)28(15-20-8-5-4-6-9-20)16-21-12-13-24-25(14-21)30-17-29-24/h4-5,7,10-14,18,20H,6,8-9,15-17H2,1-3H3,(H,27,31). The number of thiocarbonyl (C=S) groups is 1. The molecule has 31 heavy (non-hydrogen) atoms. The Kier molecular flexibility index (Phi) is 6.81. The monoisotopic (exact) mass is 436 g/mol. The maximum atomic E-state index is 5.93. The van der Waals surface area contributed by atoms with E-state index < -0.39 is 0 Å². The largest absolute Gasteiger partial charge is 0.454 e. The maximum absolute atomic E-state index is 5.93. The van der Waals surface area contributed by atoms with E-state index in [-0.39, 0.29) is 0 Å². The van der Waals surface area contributed by atoms with Gasteiger partial charge in [0.2, 0.25) is 6.79 Å². The van der Waals surface area contributed by atoms with Gasteiger partial charge in [0.1, 0.15) is 0 Å². The van der Waals surface area contributed by atoms with Gasteiger partial charge in [-0.2, -0.15) is 0 Å². The van der Waals surface area contributed by atoms with Gasteiger partial charge in [0.05, 0.1) is 0 Å². The number of fused-ring (bicyclic) bond motifs is 1. The summed E-state index contributed by atoms with van der Waals surface area (Å²) >= 11 is 5.93. The molecule has 1 unspecified atom stereocenters. The fourth-order valence-electron chi connectivity index (χ4n) is 4.42. The molecule has 164 valence electrons. The highest BCUT2D eigenvalue weighted by atomic mass is 32.1. The zero-order valence-electron chi connectivity index (χ0n) is 18.7. The molecule has 2 aliphatic rings. The summed E-state index contributed by atoms with van der Waals surface area (Å²) in [5.74, 6) is 2.72. The fourth-order valence-corrected chi connectivity index (χ4v) is 4.67. The molecule has 1 N–H and O–H groups in total. The van der Waals surface area contributed by atoms with Crippen LogP contribution in [-0.2, 0) is 6.54 Å². The second kappa shape index (κ2) is 9.73. The summed E-state index contributed by atoms with van der Waals surface area (Å²) in [7, 11) is 0. The molecule has 0 saturated heterocycles. The van der Waals surface area contributed by atoms with Crippen molar-refractivity contribution in [3.05, 3.63) is 65.2 Å². The van der Waals surface area contributed by atoms with E-state index in [4.69, 9.17) is 21.7 Å². The molecule has 0 bridgehead atoms. The van der Waals surface area contributed by atoms with E-state index in [2.05, 4.69) is 73.5 Å². The average Bonchev–Trinajstić information content (AvgIpc) is 3.23. The van der Waals surface area contributed by atoms with Crippen LogP contribution in [0.15, 0.2) is 48.6 Å². The number of hydrogen-bond acceptors (Lipinski definition) is 3. The molecule has 5 heteroatoms. The topological polar surface area (TPSA) is 33.7 Å². The maximum Gasteiger partial charge on any atom is 0.231 e. The van der Waals surface area contributed by atoms with Crippen LogP contribution in [0, 0.1) is 12.8 Å². The first-order chi connectivity index (χ1) is 15.0. The Bertz CT molecular complexity index is 970. The van der Waals surface area contributed by atoms with E-state index >= 15 is 0 Å². The van der Waals surface area contributed by atoms with Gasteiger partial charge < -0.3 is 19.7 Å². The third-order valence-corrected chi connectivity index (χ3v) is 6.55. The number of rotatable bonds is 6. The minimum atomic E-state index is 0.294. The third-order valence-electron chi connectivity index (χ3n) is 6.19. The van der Waals surface area contributed by atoms with E-state index in [1.54, 1.807) is 0 Å². The molecule has 1 atom stereocenters. The van der Waals surface area contributed by atoms with E-state index in [9.17, 15) is 0 Å². The van der Waals surface area contributed by atoms with Gasteiger partial charge in [-0.3, -0.25) is 0 Å². The van der Waals surface area contributed by atoms with E-state index in [0.717, 1.165) is 48.2 Å². The molecule has 2 aromatic rings. The van der Waals surface area contributed by atoms with Crippen molar-refractivity contribution < 1.29 is 9.47 Å². The van der Waals surface area contributed by atoms with Crippen molar-refractivity contribution in [2.24, 2.45) is 5.92 Å². The SMILES string of the molecule is Cc1c(NC(=S)N(Cc2ccc3c(c2)OCO3)CC2CC=CCC2)cccc1C(C)C. The minimum Gasteiger partial charge on any atom is -0.454 e. The highest BCUT2D eigenvalue weighted by Gasteiger charge is 2.20. The predicted molar refractivity (Wildman–Crippen MR) is 131 cm³/mol. The van der Waals surface area contributed by atoms with Crippen LogP contribution >= 0.6 is 12.2 Å². The van der Waals surface area contributed by atoms with E-state index in [1.807, 2.05) is 6.07 Å². The van der Waals surface area contributed by atoms with E-state index in [1.165, 1.54) is 23.1 Å². The van der Waals surface area contributed by atoms with Crippen molar-refractivity contribution in [2.45, 2.75) is 52.5 Å². The second-order valence-corrected chi connectivity index (χ2v) is 9.21. The van der Waals surface area contributed by atoms with Gasteiger partial charge in [-0.05, 0) is 85.1 Å². The lowest BCUT2D eigenvalue weighted by atomic mass is 9.94. The molecular formula is C26H32N2O2S. The summed E-state index contributed by atoms with van der Waals surface area (Å²) in [6.07, 6.45) is 8.06. The Labute approximate surface area is 191 Å². The number of benzene rings is 2. The molecular weight excluding hydrogens is 404 g/mol. The van der Waals surface area contributed by atoms with Crippen molar-refractivity contribution in [2.75, 3.05) is 18.7 Å². The van der Waals surface area contributed by atoms with Gasteiger partial charge in [0.25, 0.3) is 0 Å². The number of allylic oxidation sites excluding steroid dienone is 2. The first-order valence-corrected chi connectivity index (χ1v) is 11.6. The van der Waals surface area contributed by atoms with Gasteiger partial charge in [-0.25, -0.2) is 0 Å². The van der Waals surface area contributed by atoms with Crippen LogP contribution in [0.5, 0.6) is 11.5 Å². The van der Waals surface area contributed by atoms with Crippen molar-refractivity contribution in [1.29, 1.82) is 0 Å². The lowest BCUT2D eigenvalue weighted by molar-refractivity contribution is 0.174. The molecule has 1 aliphatic carbocycles. The van der Waals surface area contributed by atoms with Crippen molar-refractivity contribution in [3.63, 3.8) is 0 Å². The smallest absolute Gasteiger partial charge is 0.231 e. The fraction of sp³-hybridized carbons (Fsp3) is 0.423. The van der Waals surface area contributed by atoms with Crippen LogP contribution in [0.1, 0.15) is 55.7 Å². The summed E-state index contributed by atoms with van der Waals surface area (Å²) in [5, 5.41) is 4.33. The van der Waals surface area contributed by atoms with Crippen LogP contribution < -0.4 is 14.8 Å². The first kappa shape index (κ1) is 21.7. The molecule has 4 nitrogen and oxygen atoms in total. The molecule has 1 heterocycles. The van der Waals surface area contributed by atoms with Crippen molar-refractivity contribution in [1.82, 2.24) is 4.90 Å². The van der Waals surface area contributed by atoms with E-state index in [0.29, 0.717) is 18.6 Å². The minimum absolute atomic E-state index is 0.294. The Morgan fingerprint density at radius 3 is 2.77 bits per heavy atom. The van der Waals surface area contributed by atoms with Gasteiger partial charge in [0, 0.05) is 18.8 Å². The molecule has 0 radical (unpaired) electrons. The number of nitrogens with zero attached hydrogens (tertiary/aromatic N) is 1. The molecule has 4 rings (SSSR count).